The van der Waals surface area contributed by atoms with Gasteiger partial charge in [-0.3, -0.25) is 10.1 Å². The van der Waals surface area contributed by atoms with Crippen molar-refractivity contribution in [3.63, 3.8) is 0 Å². The van der Waals surface area contributed by atoms with Gasteiger partial charge in [0.25, 0.3) is 5.91 Å². The zero-order chi connectivity index (χ0) is 10.5. The molecule has 2 rings (SSSR count). The average Bonchev–Trinajstić information content (AvgIpc) is 2.31. The molecule has 0 fully saturated rings. The molecule has 74 valence electrons. The average molecular weight is 201 g/mol. The van der Waals surface area contributed by atoms with Gasteiger partial charge in [0.15, 0.2) is 12.4 Å². The molecular weight excluding hydrogens is 190 g/mol. The van der Waals surface area contributed by atoms with Crippen molar-refractivity contribution in [1.82, 2.24) is 0 Å². The molecule has 1 aliphatic rings. The second-order valence-electron chi connectivity index (χ2n) is 3.04. The number of pyridine rings is 1. The number of hydrogen-bond acceptors (Lipinski definition) is 1. The van der Waals surface area contributed by atoms with Crippen molar-refractivity contribution in [3.05, 3.63) is 54.6 Å². The van der Waals surface area contributed by atoms with Crippen LogP contribution in [-0.4, -0.2) is 11.6 Å². The van der Waals surface area contributed by atoms with Gasteiger partial charge in [-0.15, -0.1) is 0 Å². The predicted molar refractivity (Wildman–Crippen MR) is 55.0 cm³/mol. The zero-order valence-electron chi connectivity index (χ0n) is 8.05. The molecule has 0 radical (unpaired) electrons. The minimum Gasteiger partial charge on any atom is -0.294 e. The first-order valence-corrected chi connectivity index (χ1v) is 4.63. The highest BCUT2D eigenvalue weighted by Crippen LogP contribution is 1.99. The Morgan fingerprint density at radius 1 is 1.20 bits per heavy atom. The summed E-state index contributed by atoms with van der Waals surface area (Å²) in [6.45, 7) is 0. The third kappa shape index (κ3) is 2.45. The molecule has 0 saturated heterocycles. The van der Waals surface area contributed by atoms with Gasteiger partial charge in [-0.1, -0.05) is 0 Å². The number of allylic oxidation sites excluding steroid dienone is 2. The number of aromatic nitrogens is 1. The Labute approximate surface area is 87.1 Å². The van der Waals surface area contributed by atoms with Crippen LogP contribution in [0.15, 0.2) is 54.1 Å². The van der Waals surface area contributed by atoms with Crippen LogP contribution in [0.25, 0.3) is 0 Å². The summed E-state index contributed by atoms with van der Waals surface area (Å²) in [5.74, 6) is -0.227. The Morgan fingerprint density at radius 2 is 1.87 bits per heavy atom. The molecule has 15 heavy (non-hydrogen) atoms. The quantitative estimate of drug-likeness (QED) is 0.665. The molecule has 4 heteroatoms. The van der Waals surface area contributed by atoms with E-state index < -0.39 is 0 Å². The maximum atomic E-state index is 11.6. The van der Waals surface area contributed by atoms with E-state index in [0.29, 0.717) is 11.3 Å². The maximum Gasteiger partial charge on any atom is 0.277 e. The lowest BCUT2D eigenvalue weighted by Gasteiger charge is -1.96. The summed E-state index contributed by atoms with van der Waals surface area (Å²) in [4.78, 5) is 18.5. The highest BCUT2D eigenvalue weighted by atomic mass is 16.1. The van der Waals surface area contributed by atoms with Crippen LogP contribution in [0.2, 0.25) is 0 Å². The molecule has 1 aromatic heterocycles. The largest absolute Gasteiger partial charge is 0.294 e. The van der Waals surface area contributed by atoms with Crippen LogP contribution < -0.4 is 10.3 Å². The number of carbonyl (C=O) groups excluding carboxylic acids is 1. The van der Waals surface area contributed by atoms with E-state index in [-0.39, 0.29) is 5.91 Å². The monoisotopic (exact) mass is 201 g/mol. The number of nitrogens with zero attached hydrogens (tertiary/aromatic N) is 1. The Morgan fingerprint density at radius 3 is 2.53 bits per heavy atom. The first kappa shape index (κ1) is 9.48. The number of H-pyrrole nitrogens is 1. The maximum absolute atomic E-state index is 11.6. The number of aromatic amines is 1. The fraction of sp³-hybridized carbons (Fsp3) is 0. The summed E-state index contributed by atoms with van der Waals surface area (Å²) in [5.41, 5.74) is 1.26. The smallest absolute Gasteiger partial charge is 0.277 e. The molecule has 0 saturated carbocycles. The number of nitrogens with one attached hydrogen (secondary N) is 1. The fourth-order valence-electron chi connectivity index (χ4n) is 1.21. The van der Waals surface area contributed by atoms with Gasteiger partial charge in [0, 0.05) is 24.3 Å². The van der Waals surface area contributed by atoms with Gasteiger partial charge in [0.1, 0.15) is 0 Å². The Kier molecular flexibility index (Phi) is 2.80. The van der Waals surface area contributed by atoms with Crippen molar-refractivity contribution >= 4 is 11.6 Å². The summed E-state index contributed by atoms with van der Waals surface area (Å²) in [7, 11) is 0. The molecule has 0 bridgehead atoms. The number of rotatable bonds is 1. The standard InChI is InChI=1S/C11H9N3O/c15-11(9-1-5-12-6-2-9)14-10-3-7-13-8-4-10/h1-8H,(H,13,14,15)/p+2. The van der Waals surface area contributed by atoms with Gasteiger partial charge in [0.2, 0.25) is 0 Å². The summed E-state index contributed by atoms with van der Waals surface area (Å²) in [5, 5.41) is 1.89. The van der Waals surface area contributed by atoms with Gasteiger partial charge in [0.05, 0.1) is 23.7 Å². The van der Waals surface area contributed by atoms with Crippen LogP contribution in [0.5, 0.6) is 0 Å². The molecule has 0 atom stereocenters. The Hall–Kier alpha value is -2.07. The third-order valence-corrected chi connectivity index (χ3v) is 1.95. The molecule has 2 heterocycles. The fourth-order valence-corrected chi connectivity index (χ4v) is 1.21. The number of carbonyl (C=O) groups is 1. The van der Waals surface area contributed by atoms with E-state index in [4.69, 9.17) is 0 Å². The van der Waals surface area contributed by atoms with Crippen molar-refractivity contribution < 1.29 is 15.1 Å². The van der Waals surface area contributed by atoms with Crippen molar-refractivity contribution in [1.29, 1.82) is 0 Å². The van der Waals surface area contributed by atoms with Crippen molar-refractivity contribution in [3.8, 4) is 0 Å². The molecular formula is C11H11N3O+2. The van der Waals surface area contributed by atoms with E-state index in [1.807, 2.05) is 17.7 Å². The van der Waals surface area contributed by atoms with Crippen LogP contribution in [0, 0.1) is 0 Å². The topological polar surface area (TPSA) is 60.2 Å². The number of quaternary nitrogens is 1. The van der Waals surface area contributed by atoms with E-state index in [2.05, 4.69) is 9.98 Å². The molecule has 1 aliphatic heterocycles. The van der Waals surface area contributed by atoms with Crippen molar-refractivity contribution in [2.45, 2.75) is 0 Å². The molecule has 1 amide bonds. The highest BCUT2D eigenvalue weighted by Gasteiger charge is 2.05. The molecule has 0 aromatic carbocycles. The first-order chi connectivity index (χ1) is 7.36. The van der Waals surface area contributed by atoms with E-state index in [9.17, 15) is 4.79 Å². The van der Waals surface area contributed by atoms with Gasteiger partial charge in [-0.25, -0.2) is 9.98 Å². The lowest BCUT2D eigenvalue weighted by molar-refractivity contribution is -0.514. The molecule has 4 nitrogen and oxygen atoms in total. The second-order valence-corrected chi connectivity index (χ2v) is 3.04. The first-order valence-electron chi connectivity index (χ1n) is 4.63. The van der Waals surface area contributed by atoms with Crippen LogP contribution >= 0.6 is 0 Å². The van der Waals surface area contributed by atoms with E-state index in [0.717, 1.165) is 0 Å². The van der Waals surface area contributed by atoms with Gasteiger partial charge in [-0.2, -0.15) is 0 Å². The predicted octanol–water partition coefficient (Wildman–Crippen LogP) is -0.314. The van der Waals surface area contributed by atoms with Crippen LogP contribution in [0.1, 0.15) is 10.4 Å². The normalized spacial score (nSPS) is 14.0. The summed E-state index contributed by atoms with van der Waals surface area (Å²) < 4.78 is 0. The minimum atomic E-state index is -0.227. The van der Waals surface area contributed by atoms with Gasteiger partial charge in [-0.05, 0) is 0 Å². The summed E-state index contributed by atoms with van der Waals surface area (Å²) in [6, 6.07) is 3.41. The SMILES string of the molecule is O=C(N=C1C=C[NH2+]C=C1)c1cc[nH+]cc1. The van der Waals surface area contributed by atoms with Gasteiger partial charge >= 0.3 is 0 Å². The molecule has 1 aromatic rings. The van der Waals surface area contributed by atoms with E-state index in [1.54, 1.807) is 36.7 Å². The van der Waals surface area contributed by atoms with Gasteiger partial charge < -0.3 is 0 Å². The van der Waals surface area contributed by atoms with Crippen LogP contribution in [-0.2, 0) is 0 Å². The van der Waals surface area contributed by atoms with Crippen molar-refractivity contribution in [2.75, 3.05) is 0 Å². The molecule has 0 spiro atoms. The number of aliphatic imine (C=N–C) groups is 1. The van der Waals surface area contributed by atoms with Crippen LogP contribution in [0.3, 0.4) is 0 Å². The Bertz CT molecular complexity index is 432. The number of hydrogen-bond donors (Lipinski definition) is 1. The summed E-state index contributed by atoms with van der Waals surface area (Å²) in [6.07, 6.45) is 10.7. The van der Waals surface area contributed by atoms with Crippen LogP contribution in [0.4, 0.5) is 0 Å². The summed E-state index contributed by atoms with van der Waals surface area (Å²) >= 11 is 0. The van der Waals surface area contributed by atoms with E-state index in [1.165, 1.54) is 0 Å². The van der Waals surface area contributed by atoms with Crippen molar-refractivity contribution in [2.24, 2.45) is 4.99 Å². The number of amides is 1. The molecule has 0 unspecified atom stereocenters. The lowest BCUT2D eigenvalue weighted by Crippen LogP contribution is -2.71. The minimum absolute atomic E-state index is 0.227. The lowest BCUT2D eigenvalue weighted by atomic mass is 10.2. The zero-order valence-corrected chi connectivity index (χ0v) is 8.05. The second kappa shape index (κ2) is 4.43. The highest BCUT2D eigenvalue weighted by molar-refractivity contribution is 6.12. The third-order valence-electron chi connectivity index (χ3n) is 1.95. The van der Waals surface area contributed by atoms with E-state index >= 15 is 0 Å². The Balaban J connectivity index is 2.19. The molecule has 3 N–H and O–H groups in total. The molecule has 0 aliphatic carbocycles. The number of nitrogens with two attached hydrogens (primary N) is 1.